The molecule has 2 aromatic rings. The zero-order valence-corrected chi connectivity index (χ0v) is 13.7. The van der Waals surface area contributed by atoms with Crippen molar-refractivity contribution in [1.29, 1.82) is 0 Å². The Morgan fingerprint density at radius 2 is 2.04 bits per heavy atom. The zero-order valence-electron chi connectivity index (χ0n) is 13.7. The van der Waals surface area contributed by atoms with Crippen LogP contribution in [-0.2, 0) is 16.1 Å². The average molecular weight is 322 g/mol. The minimum Gasteiger partial charge on any atom is -0.351 e. The number of hydrogen-bond acceptors (Lipinski definition) is 2. The first kappa shape index (κ1) is 16.2. The Balaban J connectivity index is 1.66. The van der Waals surface area contributed by atoms with Crippen LogP contribution in [0.25, 0.3) is 10.8 Å². The molecule has 1 N–H and O–H groups in total. The molecule has 1 unspecified atom stereocenters. The number of fused-ring (bicyclic) bond motifs is 1. The summed E-state index contributed by atoms with van der Waals surface area (Å²) in [5.74, 6) is 0.0802. The summed E-state index contributed by atoms with van der Waals surface area (Å²) in [5, 5.41) is 5.30. The van der Waals surface area contributed by atoms with Crippen LogP contribution in [-0.4, -0.2) is 29.3 Å². The lowest BCUT2D eigenvalue weighted by molar-refractivity contribution is -0.128. The lowest BCUT2D eigenvalue weighted by atomic mass is 10.0. The molecular formula is C20H22N2O2. The molecule has 1 fully saturated rings. The van der Waals surface area contributed by atoms with Crippen LogP contribution in [0, 0.1) is 0 Å². The van der Waals surface area contributed by atoms with Crippen molar-refractivity contribution in [3.63, 3.8) is 0 Å². The Bertz CT molecular complexity index is 764. The smallest absolute Gasteiger partial charge is 0.225 e. The van der Waals surface area contributed by atoms with Crippen molar-refractivity contribution in [3.05, 3.63) is 60.7 Å². The molecule has 4 nitrogen and oxygen atoms in total. The molecular weight excluding hydrogens is 300 g/mol. The van der Waals surface area contributed by atoms with Crippen LogP contribution in [0.15, 0.2) is 55.1 Å². The first-order valence-electron chi connectivity index (χ1n) is 8.32. The van der Waals surface area contributed by atoms with Gasteiger partial charge in [-0.15, -0.1) is 6.58 Å². The van der Waals surface area contributed by atoms with E-state index in [1.54, 1.807) is 6.08 Å². The fourth-order valence-electron chi connectivity index (χ4n) is 3.19. The van der Waals surface area contributed by atoms with E-state index in [1.165, 1.54) is 10.8 Å². The Morgan fingerprint density at radius 3 is 2.88 bits per heavy atom. The van der Waals surface area contributed by atoms with E-state index < -0.39 is 0 Å². The Kier molecular flexibility index (Phi) is 4.94. The number of allylic oxidation sites excluding steroid dienone is 1. The SMILES string of the molecule is C=CCCC(=O)NC1CC(=O)N(Cc2cccc3ccccc23)C1. The van der Waals surface area contributed by atoms with Crippen LogP contribution >= 0.6 is 0 Å². The third kappa shape index (κ3) is 3.65. The van der Waals surface area contributed by atoms with Gasteiger partial charge >= 0.3 is 0 Å². The Hall–Kier alpha value is -2.62. The van der Waals surface area contributed by atoms with Crippen LogP contribution in [0.1, 0.15) is 24.8 Å². The van der Waals surface area contributed by atoms with E-state index >= 15 is 0 Å². The van der Waals surface area contributed by atoms with E-state index in [2.05, 4.69) is 36.2 Å². The maximum atomic E-state index is 12.3. The van der Waals surface area contributed by atoms with Gasteiger partial charge in [-0.3, -0.25) is 9.59 Å². The zero-order chi connectivity index (χ0) is 16.9. The third-order valence-corrected chi connectivity index (χ3v) is 4.40. The number of hydrogen-bond donors (Lipinski definition) is 1. The molecule has 1 saturated heterocycles. The second-order valence-corrected chi connectivity index (χ2v) is 6.21. The molecule has 1 atom stereocenters. The standard InChI is InChI=1S/C20H22N2O2/c1-2-3-11-19(23)21-17-12-20(24)22(14-17)13-16-9-6-8-15-7-4-5-10-18(15)16/h2,4-10,17H,1,3,11-14H2,(H,21,23). The molecule has 2 amide bonds. The summed E-state index contributed by atoms with van der Waals surface area (Å²) in [6, 6.07) is 14.3. The van der Waals surface area contributed by atoms with Gasteiger partial charge in [-0.25, -0.2) is 0 Å². The number of benzene rings is 2. The summed E-state index contributed by atoms with van der Waals surface area (Å²) in [5.41, 5.74) is 1.14. The van der Waals surface area contributed by atoms with Crippen molar-refractivity contribution in [2.24, 2.45) is 0 Å². The van der Waals surface area contributed by atoms with Gasteiger partial charge in [0.1, 0.15) is 0 Å². The molecule has 0 aliphatic carbocycles. The van der Waals surface area contributed by atoms with Crippen molar-refractivity contribution >= 4 is 22.6 Å². The molecule has 0 aromatic heterocycles. The first-order chi connectivity index (χ1) is 11.7. The van der Waals surface area contributed by atoms with Gasteiger partial charge in [-0.2, -0.15) is 0 Å². The highest BCUT2D eigenvalue weighted by atomic mass is 16.2. The molecule has 3 rings (SSSR count). The number of likely N-dealkylation sites (tertiary alicyclic amines) is 1. The van der Waals surface area contributed by atoms with Crippen LogP contribution in [0.5, 0.6) is 0 Å². The van der Waals surface area contributed by atoms with Crippen molar-refractivity contribution in [1.82, 2.24) is 10.2 Å². The first-order valence-corrected chi connectivity index (χ1v) is 8.32. The highest BCUT2D eigenvalue weighted by Gasteiger charge is 2.30. The predicted octanol–water partition coefficient (Wildman–Crippen LogP) is 3.02. The van der Waals surface area contributed by atoms with Crippen molar-refractivity contribution < 1.29 is 9.59 Å². The van der Waals surface area contributed by atoms with E-state index in [0.29, 0.717) is 32.4 Å². The summed E-state index contributed by atoms with van der Waals surface area (Å²) in [6.07, 6.45) is 3.19. The van der Waals surface area contributed by atoms with Gasteiger partial charge in [0.15, 0.2) is 0 Å². The summed E-state index contributed by atoms with van der Waals surface area (Å²) >= 11 is 0. The average Bonchev–Trinajstić information content (AvgIpc) is 2.92. The molecule has 0 spiro atoms. The monoisotopic (exact) mass is 322 g/mol. The molecule has 0 radical (unpaired) electrons. The maximum absolute atomic E-state index is 12.3. The minimum atomic E-state index is -0.0928. The van der Waals surface area contributed by atoms with E-state index in [9.17, 15) is 9.59 Å². The van der Waals surface area contributed by atoms with E-state index in [1.807, 2.05) is 23.1 Å². The molecule has 1 aliphatic heterocycles. The molecule has 4 heteroatoms. The number of nitrogens with one attached hydrogen (secondary N) is 1. The van der Waals surface area contributed by atoms with Gasteiger partial charge in [-0.1, -0.05) is 48.5 Å². The lowest BCUT2D eigenvalue weighted by Crippen LogP contribution is -2.36. The fraction of sp³-hybridized carbons (Fsp3) is 0.300. The van der Waals surface area contributed by atoms with Crippen molar-refractivity contribution in [2.75, 3.05) is 6.54 Å². The summed E-state index contributed by atoms with van der Waals surface area (Å²) in [6.45, 7) is 4.77. The predicted molar refractivity (Wildman–Crippen MR) is 95.3 cm³/mol. The highest BCUT2D eigenvalue weighted by Crippen LogP contribution is 2.22. The molecule has 1 aliphatic rings. The van der Waals surface area contributed by atoms with Gasteiger partial charge < -0.3 is 10.2 Å². The summed E-state index contributed by atoms with van der Waals surface area (Å²) in [7, 11) is 0. The molecule has 0 bridgehead atoms. The third-order valence-electron chi connectivity index (χ3n) is 4.40. The Morgan fingerprint density at radius 1 is 1.25 bits per heavy atom. The van der Waals surface area contributed by atoms with Crippen molar-refractivity contribution in [2.45, 2.75) is 31.8 Å². The van der Waals surface area contributed by atoms with Gasteiger partial charge in [0.05, 0.1) is 6.04 Å². The van der Waals surface area contributed by atoms with Crippen LogP contribution in [0.4, 0.5) is 0 Å². The van der Waals surface area contributed by atoms with Crippen LogP contribution in [0.2, 0.25) is 0 Å². The number of amides is 2. The van der Waals surface area contributed by atoms with Gasteiger partial charge in [0, 0.05) is 25.9 Å². The topological polar surface area (TPSA) is 49.4 Å². The quantitative estimate of drug-likeness (QED) is 0.831. The fourth-order valence-corrected chi connectivity index (χ4v) is 3.19. The number of carbonyl (C=O) groups excluding carboxylic acids is 2. The second kappa shape index (κ2) is 7.30. The summed E-state index contributed by atoms with van der Waals surface area (Å²) in [4.78, 5) is 25.9. The number of carbonyl (C=O) groups is 2. The maximum Gasteiger partial charge on any atom is 0.225 e. The minimum absolute atomic E-state index is 0.0142. The van der Waals surface area contributed by atoms with Crippen molar-refractivity contribution in [3.8, 4) is 0 Å². The summed E-state index contributed by atoms with van der Waals surface area (Å²) < 4.78 is 0. The molecule has 0 saturated carbocycles. The second-order valence-electron chi connectivity index (χ2n) is 6.21. The number of nitrogens with zero attached hydrogens (tertiary/aromatic N) is 1. The molecule has 24 heavy (non-hydrogen) atoms. The molecule has 2 aromatic carbocycles. The largest absolute Gasteiger partial charge is 0.351 e. The van der Waals surface area contributed by atoms with E-state index in [4.69, 9.17) is 0 Å². The molecule has 124 valence electrons. The van der Waals surface area contributed by atoms with Gasteiger partial charge in [-0.05, 0) is 22.8 Å². The van der Waals surface area contributed by atoms with Crippen LogP contribution < -0.4 is 5.32 Å². The molecule has 1 heterocycles. The van der Waals surface area contributed by atoms with Gasteiger partial charge in [0.2, 0.25) is 11.8 Å². The lowest BCUT2D eigenvalue weighted by Gasteiger charge is -2.18. The van der Waals surface area contributed by atoms with E-state index in [-0.39, 0.29) is 17.9 Å². The van der Waals surface area contributed by atoms with E-state index in [0.717, 1.165) is 5.56 Å². The Labute approximate surface area is 142 Å². The van der Waals surface area contributed by atoms with Gasteiger partial charge in [0.25, 0.3) is 0 Å². The van der Waals surface area contributed by atoms with Crippen LogP contribution in [0.3, 0.4) is 0 Å². The normalized spacial score (nSPS) is 17.2. The number of rotatable bonds is 6. The highest BCUT2D eigenvalue weighted by molar-refractivity contribution is 5.87.